The van der Waals surface area contributed by atoms with E-state index < -0.39 is 6.29 Å². The van der Waals surface area contributed by atoms with Crippen molar-refractivity contribution in [2.24, 2.45) is 0 Å². The summed E-state index contributed by atoms with van der Waals surface area (Å²) in [6.07, 6.45) is -0.272. The number of nitrogens with zero attached hydrogens (tertiary/aromatic N) is 3. The maximum absolute atomic E-state index is 9.64. The lowest BCUT2D eigenvalue weighted by molar-refractivity contribution is -0.0596. The monoisotopic (exact) mass is 569 g/mol. The summed E-state index contributed by atoms with van der Waals surface area (Å²) in [6.45, 7) is 4.08. The molecule has 3 heterocycles. The Bertz CT molecular complexity index is 1470. The van der Waals surface area contributed by atoms with Crippen LogP contribution in [0.25, 0.3) is 11.0 Å². The summed E-state index contributed by atoms with van der Waals surface area (Å²) in [4.78, 5) is 7.15. The molecule has 2 N–H and O–H groups in total. The minimum Gasteiger partial charge on any atom is -0.488 e. The summed E-state index contributed by atoms with van der Waals surface area (Å²) in [6, 6.07) is 18.4. The molecule has 0 amide bonds. The van der Waals surface area contributed by atoms with Gasteiger partial charge >= 0.3 is 0 Å². The highest BCUT2D eigenvalue weighted by molar-refractivity contribution is 6.35. The Morgan fingerprint density at radius 2 is 1.90 bits per heavy atom. The van der Waals surface area contributed by atoms with Crippen LogP contribution in [0.15, 0.2) is 60.7 Å². The molecule has 10 heteroatoms. The predicted molar refractivity (Wildman–Crippen MR) is 148 cm³/mol. The van der Waals surface area contributed by atoms with Gasteiger partial charge in [-0.2, -0.15) is 0 Å². The van der Waals surface area contributed by atoms with Crippen LogP contribution in [0.3, 0.4) is 0 Å². The van der Waals surface area contributed by atoms with Gasteiger partial charge in [0, 0.05) is 30.3 Å². The lowest BCUT2D eigenvalue weighted by atomic mass is 10.1. The standard InChI is InChI=1S/C29H29Cl2N3O5/c30-20-5-7-27(24(31)12-20)38-17-18-2-1-3-21(10-18)39-23-13-33(14-23)16-28-32-25-6-4-19(29(35)36)11-26(25)34(28)15-22-8-9-37-22/h1-7,10-12,22-23,29,35-36H,8-9,13-17H2/t22-/m0/s1. The second-order valence-corrected chi connectivity index (χ2v) is 10.8. The van der Waals surface area contributed by atoms with Gasteiger partial charge in [0.25, 0.3) is 0 Å². The highest BCUT2D eigenvalue weighted by Crippen LogP contribution is 2.29. The molecule has 2 aliphatic heterocycles. The average Bonchev–Trinajstić information content (AvgIpc) is 3.20. The topological polar surface area (TPSA) is 89.2 Å². The first-order valence-electron chi connectivity index (χ1n) is 12.9. The third kappa shape index (κ3) is 6.01. The Morgan fingerprint density at radius 3 is 2.64 bits per heavy atom. The smallest absolute Gasteiger partial charge is 0.178 e. The number of rotatable bonds is 10. The van der Waals surface area contributed by atoms with Gasteiger partial charge in [-0.3, -0.25) is 4.90 Å². The van der Waals surface area contributed by atoms with Crippen molar-refractivity contribution >= 4 is 34.2 Å². The molecule has 204 valence electrons. The van der Waals surface area contributed by atoms with E-state index in [1.54, 1.807) is 30.3 Å². The molecule has 0 bridgehead atoms. The fourth-order valence-corrected chi connectivity index (χ4v) is 5.35. The van der Waals surface area contributed by atoms with Crippen molar-refractivity contribution < 1.29 is 24.4 Å². The molecule has 6 rings (SSSR count). The van der Waals surface area contributed by atoms with Gasteiger partial charge in [0.05, 0.1) is 35.2 Å². The molecule has 3 aromatic carbocycles. The lowest BCUT2D eigenvalue weighted by Crippen LogP contribution is -2.53. The van der Waals surface area contributed by atoms with Gasteiger partial charge in [-0.15, -0.1) is 0 Å². The number of hydrogen-bond donors (Lipinski definition) is 2. The van der Waals surface area contributed by atoms with Gasteiger partial charge in [-0.05, 0) is 54.4 Å². The molecule has 39 heavy (non-hydrogen) atoms. The van der Waals surface area contributed by atoms with Crippen LogP contribution in [0.5, 0.6) is 11.5 Å². The van der Waals surface area contributed by atoms with E-state index in [1.807, 2.05) is 30.3 Å². The predicted octanol–water partition coefficient (Wildman–Crippen LogP) is 4.96. The van der Waals surface area contributed by atoms with Crippen LogP contribution in [0.4, 0.5) is 0 Å². The lowest BCUT2D eigenvalue weighted by Gasteiger charge is -2.39. The number of hydrogen-bond acceptors (Lipinski definition) is 7. The van der Waals surface area contributed by atoms with Gasteiger partial charge in [0.15, 0.2) is 6.29 Å². The summed E-state index contributed by atoms with van der Waals surface area (Å²) >= 11 is 12.2. The zero-order valence-corrected chi connectivity index (χ0v) is 22.7. The number of ether oxygens (including phenoxy) is 3. The Labute approximate surface area is 236 Å². The van der Waals surface area contributed by atoms with E-state index in [1.165, 1.54) is 0 Å². The summed E-state index contributed by atoms with van der Waals surface area (Å²) in [5, 5.41) is 20.3. The van der Waals surface area contributed by atoms with Gasteiger partial charge in [-0.1, -0.05) is 41.4 Å². The Morgan fingerprint density at radius 1 is 1.05 bits per heavy atom. The summed E-state index contributed by atoms with van der Waals surface area (Å²) in [5.41, 5.74) is 3.15. The number of aliphatic hydroxyl groups is 2. The number of imidazole rings is 1. The van der Waals surface area contributed by atoms with E-state index in [9.17, 15) is 10.2 Å². The fraction of sp³-hybridized carbons (Fsp3) is 0.345. The maximum atomic E-state index is 9.64. The number of aliphatic hydroxyl groups excluding tert-OH is 1. The second kappa shape index (κ2) is 11.3. The molecule has 1 atom stereocenters. The first-order chi connectivity index (χ1) is 18.9. The zero-order chi connectivity index (χ0) is 26.9. The van der Waals surface area contributed by atoms with Crippen LogP contribution in [-0.4, -0.2) is 56.6 Å². The minimum absolute atomic E-state index is 0.0795. The van der Waals surface area contributed by atoms with Crippen LogP contribution in [0.2, 0.25) is 10.0 Å². The van der Waals surface area contributed by atoms with Crippen molar-refractivity contribution in [3.05, 3.63) is 87.7 Å². The average molecular weight is 570 g/mol. The quantitative estimate of drug-likeness (QED) is 0.261. The van der Waals surface area contributed by atoms with Gasteiger partial charge in [0.1, 0.15) is 30.0 Å². The van der Waals surface area contributed by atoms with Crippen molar-refractivity contribution in [1.29, 1.82) is 0 Å². The van der Waals surface area contributed by atoms with Crippen molar-refractivity contribution in [3.8, 4) is 11.5 Å². The highest BCUT2D eigenvalue weighted by Gasteiger charge is 2.31. The van der Waals surface area contributed by atoms with E-state index in [4.69, 9.17) is 42.4 Å². The Balaban J connectivity index is 1.07. The van der Waals surface area contributed by atoms with Crippen LogP contribution in [0.1, 0.15) is 29.7 Å². The Kier molecular flexibility index (Phi) is 7.66. The highest BCUT2D eigenvalue weighted by atomic mass is 35.5. The number of fused-ring (bicyclic) bond motifs is 1. The molecular weight excluding hydrogens is 541 g/mol. The molecule has 0 unspecified atom stereocenters. The molecule has 0 radical (unpaired) electrons. The zero-order valence-electron chi connectivity index (χ0n) is 21.2. The van der Waals surface area contributed by atoms with Crippen LogP contribution < -0.4 is 9.47 Å². The molecule has 8 nitrogen and oxygen atoms in total. The van der Waals surface area contributed by atoms with Crippen molar-refractivity contribution in [3.63, 3.8) is 0 Å². The third-order valence-corrected chi connectivity index (χ3v) is 7.64. The number of aromatic nitrogens is 2. The molecule has 1 aromatic heterocycles. The molecule has 0 spiro atoms. The summed E-state index contributed by atoms with van der Waals surface area (Å²) < 4.78 is 19.9. The van der Waals surface area contributed by atoms with E-state index >= 15 is 0 Å². The van der Waals surface area contributed by atoms with E-state index in [-0.39, 0.29) is 12.2 Å². The van der Waals surface area contributed by atoms with Crippen molar-refractivity contribution in [1.82, 2.24) is 14.5 Å². The third-order valence-electron chi connectivity index (χ3n) is 7.11. The summed E-state index contributed by atoms with van der Waals surface area (Å²) in [7, 11) is 0. The summed E-state index contributed by atoms with van der Waals surface area (Å²) in [5.74, 6) is 2.32. The van der Waals surface area contributed by atoms with Gasteiger partial charge in [-0.25, -0.2) is 4.98 Å². The molecular formula is C29H29Cl2N3O5. The molecule has 2 saturated heterocycles. The molecule has 4 aromatic rings. The van der Waals surface area contributed by atoms with E-state index in [2.05, 4.69) is 9.47 Å². The number of halogens is 2. The van der Waals surface area contributed by atoms with Crippen LogP contribution in [-0.2, 0) is 24.4 Å². The maximum Gasteiger partial charge on any atom is 0.178 e. The van der Waals surface area contributed by atoms with Crippen molar-refractivity contribution in [2.75, 3.05) is 19.7 Å². The van der Waals surface area contributed by atoms with Gasteiger partial charge < -0.3 is 29.0 Å². The first-order valence-corrected chi connectivity index (χ1v) is 13.7. The van der Waals surface area contributed by atoms with Crippen LogP contribution in [0, 0.1) is 0 Å². The number of benzene rings is 3. The SMILES string of the molecule is OC(O)c1ccc2nc(CN3CC(Oc4cccc(COc5ccc(Cl)cc5Cl)c4)C3)n(C[C@@H]3CCO3)c2c1. The second-order valence-electron chi connectivity index (χ2n) is 9.99. The molecule has 2 fully saturated rings. The largest absolute Gasteiger partial charge is 0.488 e. The Hall–Kier alpha value is -2.85. The minimum atomic E-state index is -1.52. The van der Waals surface area contributed by atoms with Crippen LogP contribution >= 0.6 is 23.2 Å². The first kappa shape index (κ1) is 26.4. The molecule has 2 aliphatic rings. The fourth-order valence-electron chi connectivity index (χ4n) is 4.89. The van der Waals surface area contributed by atoms with E-state index in [0.29, 0.717) is 41.1 Å². The molecule has 0 aliphatic carbocycles. The van der Waals surface area contributed by atoms with Gasteiger partial charge in [0.2, 0.25) is 0 Å². The van der Waals surface area contributed by atoms with Crippen molar-refractivity contribution in [2.45, 2.75) is 44.6 Å². The van der Waals surface area contributed by atoms with E-state index in [0.717, 1.165) is 54.3 Å². The molecule has 0 saturated carbocycles. The normalized spacial score (nSPS) is 17.8. The number of likely N-dealkylation sites (tertiary alicyclic amines) is 1.